The van der Waals surface area contributed by atoms with Gasteiger partial charge in [-0.1, -0.05) is 19.9 Å². The van der Waals surface area contributed by atoms with E-state index in [1.807, 2.05) is 0 Å². The van der Waals surface area contributed by atoms with E-state index in [0.717, 1.165) is 58.0 Å². The van der Waals surface area contributed by atoms with Crippen molar-refractivity contribution < 1.29 is 14.7 Å². The zero-order chi connectivity index (χ0) is 20.2. The van der Waals surface area contributed by atoms with Crippen LogP contribution < -0.4 is 10.8 Å². The Morgan fingerprint density at radius 1 is 1.21 bits per heavy atom. The van der Waals surface area contributed by atoms with Crippen molar-refractivity contribution in [2.24, 2.45) is 40.4 Å². The van der Waals surface area contributed by atoms with E-state index in [9.17, 15) is 9.90 Å². The number of rotatable bonds is 4. The van der Waals surface area contributed by atoms with Gasteiger partial charge in [-0.2, -0.15) is 0 Å². The molecule has 1 saturated heterocycles. The molecule has 5 nitrogen and oxygen atoms in total. The fourth-order valence-corrected chi connectivity index (χ4v) is 7.95. The summed E-state index contributed by atoms with van der Waals surface area (Å²) >= 11 is 0. The Labute approximate surface area is 175 Å². The van der Waals surface area contributed by atoms with E-state index in [0.29, 0.717) is 35.4 Å². The predicted molar refractivity (Wildman–Crippen MR) is 112 cm³/mol. The third-order valence-corrected chi connectivity index (χ3v) is 9.78. The SMILES string of the molecule is C[C@]12CCC(NOC3CCNC3)=CC1C[C@@H](CO)[C@@H]1[C@@H]2CC[C@]2(C)C(=O)CC[C@@H]12. The van der Waals surface area contributed by atoms with E-state index in [1.165, 1.54) is 12.1 Å². The molecule has 8 atom stereocenters. The van der Waals surface area contributed by atoms with Crippen LogP contribution in [-0.2, 0) is 9.63 Å². The van der Waals surface area contributed by atoms with Crippen molar-refractivity contribution >= 4 is 5.78 Å². The Morgan fingerprint density at radius 2 is 2.07 bits per heavy atom. The lowest BCUT2D eigenvalue weighted by Gasteiger charge is -2.61. The van der Waals surface area contributed by atoms with Crippen LogP contribution in [0.5, 0.6) is 0 Å². The van der Waals surface area contributed by atoms with Crippen molar-refractivity contribution in [1.82, 2.24) is 10.8 Å². The standard InChI is InChI=1S/C24H38N2O3/c1-23-8-5-17(26-29-18-7-10-25-13-18)12-16(23)11-15(14-27)22-19-3-4-21(28)24(19,2)9-6-20(22)23/h12,15-16,18-20,22,25-27H,3-11,13-14H2,1-2H3/t15-,16?,18?,19-,20-,22-,23-,24-/m0/s1. The first-order valence-electron chi connectivity index (χ1n) is 11.9. The average Bonchev–Trinajstić information content (AvgIpc) is 3.34. The molecule has 4 aliphatic carbocycles. The van der Waals surface area contributed by atoms with Crippen molar-refractivity contribution in [1.29, 1.82) is 0 Å². The highest BCUT2D eigenvalue weighted by atomic mass is 16.7. The molecule has 0 radical (unpaired) electrons. The Morgan fingerprint density at radius 3 is 2.83 bits per heavy atom. The summed E-state index contributed by atoms with van der Waals surface area (Å²) in [4.78, 5) is 18.6. The van der Waals surface area contributed by atoms with Crippen LogP contribution in [0.1, 0.15) is 65.2 Å². The van der Waals surface area contributed by atoms with E-state index in [4.69, 9.17) is 4.84 Å². The van der Waals surface area contributed by atoms with Gasteiger partial charge in [0.05, 0.1) is 6.10 Å². The van der Waals surface area contributed by atoms with Gasteiger partial charge >= 0.3 is 0 Å². The lowest BCUT2D eigenvalue weighted by molar-refractivity contribution is -0.145. The number of nitrogens with one attached hydrogen (secondary N) is 2. The molecule has 1 heterocycles. The second-order valence-corrected chi connectivity index (χ2v) is 11.0. The second-order valence-electron chi connectivity index (χ2n) is 11.0. The summed E-state index contributed by atoms with van der Waals surface area (Å²) in [5, 5.41) is 13.7. The molecule has 4 fully saturated rings. The fourth-order valence-electron chi connectivity index (χ4n) is 7.95. The highest BCUT2D eigenvalue weighted by Gasteiger charge is 2.61. The van der Waals surface area contributed by atoms with Crippen LogP contribution in [0.25, 0.3) is 0 Å². The van der Waals surface area contributed by atoms with Gasteiger partial charge in [-0.3, -0.25) is 15.1 Å². The molecular weight excluding hydrogens is 364 g/mol. The summed E-state index contributed by atoms with van der Waals surface area (Å²) in [6.07, 6.45) is 11.0. The van der Waals surface area contributed by atoms with Crippen molar-refractivity contribution in [2.75, 3.05) is 19.7 Å². The zero-order valence-electron chi connectivity index (χ0n) is 18.1. The number of carbonyl (C=O) groups excluding carboxylic acids is 1. The largest absolute Gasteiger partial charge is 0.396 e. The van der Waals surface area contributed by atoms with Crippen LogP contribution in [0.15, 0.2) is 11.8 Å². The maximum absolute atomic E-state index is 12.7. The average molecular weight is 403 g/mol. The number of hydrogen-bond acceptors (Lipinski definition) is 5. The minimum atomic E-state index is -0.127. The summed E-state index contributed by atoms with van der Waals surface area (Å²) in [6.45, 7) is 6.95. The quantitative estimate of drug-likeness (QED) is 0.630. The minimum Gasteiger partial charge on any atom is -0.396 e. The van der Waals surface area contributed by atoms with Gasteiger partial charge in [-0.15, -0.1) is 0 Å². The normalized spacial score (nSPS) is 49.2. The molecule has 1 aliphatic heterocycles. The molecule has 0 aromatic heterocycles. The smallest absolute Gasteiger partial charge is 0.139 e. The van der Waals surface area contributed by atoms with Crippen LogP contribution in [0, 0.1) is 40.4 Å². The number of carbonyl (C=O) groups is 1. The van der Waals surface area contributed by atoms with Crippen LogP contribution in [0.2, 0.25) is 0 Å². The third kappa shape index (κ3) is 3.11. The number of aliphatic hydroxyl groups is 1. The van der Waals surface area contributed by atoms with Gasteiger partial charge in [0.15, 0.2) is 0 Å². The summed E-state index contributed by atoms with van der Waals surface area (Å²) in [7, 11) is 0. The van der Waals surface area contributed by atoms with Gasteiger partial charge < -0.3 is 10.4 Å². The van der Waals surface area contributed by atoms with Crippen molar-refractivity contribution in [3.63, 3.8) is 0 Å². The Bertz CT molecular complexity index is 688. The van der Waals surface area contributed by atoms with Gasteiger partial charge in [0.2, 0.25) is 0 Å². The minimum absolute atomic E-state index is 0.127. The molecule has 162 valence electrons. The lowest BCUT2D eigenvalue weighted by Crippen LogP contribution is -2.56. The van der Waals surface area contributed by atoms with Crippen molar-refractivity contribution in [3.8, 4) is 0 Å². The Balaban J connectivity index is 1.37. The number of fused-ring (bicyclic) bond motifs is 5. The molecule has 5 rings (SSSR count). The second kappa shape index (κ2) is 7.35. The van der Waals surface area contributed by atoms with Gasteiger partial charge in [0, 0.05) is 30.7 Å². The molecule has 0 amide bonds. The van der Waals surface area contributed by atoms with Gasteiger partial charge in [0.1, 0.15) is 5.78 Å². The van der Waals surface area contributed by atoms with E-state index in [-0.39, 0.29) is 23.5 Å². The number of hydroxylamine groups is 1. The number of ketones is 1. The lowest BCUT2D eigenvalue weighted by atomic mass is 9.44. The van der Waals surface area contributed by atoms with E-state index in [1.54, 1.807) is 0 Å². The predicted octanol–water partition coefficient (Wildman–Crippen LogP) is 3.19. The van der Waals surface area contributed by atoms with E-state index in [2.05, 4.69) is 30.7 Å². The van der Waals surface area contributed by atoms with E-state index >= 15 is 0 Å². The van der Waals surface area contributed by atoms with Gasteiger partial charge in [-0.05, 0) is 86.5 Å². The first-order chi connectivity index (χ1) is 14.0. The summed E-state index contributed by atoms with van der Waals surface area (Å²) in [5.41, 5.74) is 4.66. The molecule has 3 N–H and O–H groups in total. The molecule has 5 aliphatic rings. The number of allylic oxidation sites excluding steroid dienone is 2. The topological polar surface area (TPSA) is 70.6 Å². The van der Waals surface area contributed by atoms with Crippen LogP contribution in [-0.4, -0.2) is 36.7 Å². The highest BCUT2D eigenvalue weighted by molar-refractivity contribution is 5.87. The number of aliphatic hydroxyl groups excluding tert-OH is 1. The third-order valence-electron chi connectivity index (χ3n) is 9.78. The Hall–Kier alpha value is -0.910. The maximum atomic E-state index is 12.7. The van der Waals surface area contributed by atoms with Crippen LogP contribution in [0.3, 0.4) is 0 Å². The molecule has 5 heteroatoms. The van der Waals surface area contributed by atoms with E-state index < -0.39 is 0 Å². The van der Waals surface area contributed by atoms with Crippen LogP contribution >= 0.6 is 0 Å². The summed E-state index contributed by atoms with van der Waals surface area (Å²) in [6, 6.07) is 0. The summed E-state index contributed by atoms with van der Waals surface area (Å²) < 4.78 is 0. The molecule has 29 heavy (non-hydrogen) atoms. The number of hydrogen-bond donors (Lipinski definition) is 3. The number of Topliss-reactive ketones (excluding diaryl/α,β-unsaturated/α-hetero) is 1. The first-order valence-corrected chi connectivity index (χ1v) is 11.9. The fraction of sp³-hybridized carbons (Fsp3) is 0.875. The van der Waals surface area contributed by atoms with Crippen molar-refractivity contribution in [3.05, 3.63) is 11.8 Å². The molecule has 0 aromatic carbocycles. The molecule has 0 spiro atoms. The van der Waals surface area contributed by atoms with Crippen LogP contribution in [0.4, 0.5) is 0 Å². The zero-order valence-corrected chi connectivity index (χ0v) is 18.1. The molecule has 0 aromatic rings. The first kappa shape index (κ1) is 20.0. The maximum Gasteiger partial charge on any atom is 0.139 e. The summed E-state index contributed by atoms with van der Waals surface area (Å²) in [5.74, 6) is 2.91. The molecule has 3 saturated carbocycles. The highest BCUT2D eigenvalue weighted by Crippen LogP contribution is 2.66. The molecule has 2 unspecified atom stereocenters. The Kier molecular flexibility index (Phi) is 5.07. The molecule has 0 bridgehead atoms. The van der Waals surface area contributed by atoms with Gasteiger partial charge in [-0.25, -0.2) is 0 Å². The monoisotopic (exact) mass is 402 g/mol. The van der Waals surface area contributed by atoms with Crippen molar-refractivity contribution in [2.45, 2.75) is 71.3 Å². The van der Waals surface area contributed by atoms with Gasteiger partial charge in [0.25, 0.3) is 0 Å². The molecular formula is C24H38N2O3.